The number of nitrogens with two attached hydrogens (primary N) is 1. The smallest absolute Gasteiger partial charge is 0.241 e. The summed E-state index contributed by atoms with van der Waals surface area (Å²) < 4.78 is 0. The van der Waals surface area contributed by atoms with E-state index in [4.69, 9.17) is 5.73 Å². The first kappa shape index (κ1) is 21.5. The van der Waals surface area contributed by atoms with Gasteiger partial charge in [0.25, 0.3) is 0 Å². The number of carbonyl (C=O) groups excluding carboxylic acids is 1. The fraction of sp³-hybridized carbons (Fsp3) is 0.727. The second-order valence-corrected chi connectivity index (χ2v) is 3.36. The molecule has 2 nitrogen and oxygen atoms in total. The first-order chi connectivity index (χ1) is 6.27. The largest absolute Gasteiger partial charge is 0.366 e. The number of carbonyl (C=O) groups is 1. The van der Waals surface area contributed by atoms with Gasteiger partial charge in [-0.15, -0.1) is 0 Å². The van der Waals surface area contributed by atoms with Crippen LogP contribution < -0.4 is 5.73 Å². The maximum absolute atomic E-state index is 10.3. The molecule has 1 amide bonds. The quantitative estimate of drug-likeness (QED) is 0.386. The average Bonchev–Trinajstić information content (AvgIpc) is 2.09. The van der Waals surface area contributed by atoms with Gasteiger partial charge in [-0.1, -0.05) is 45.1 Å². The van der Waals surface area contributed by atoms with Crippen LogP contribution >= 0.6 is 0 Å². The standard InChI is InChI=1S/C11H21NO.2Na/c1-2-3-4-5-6-7-8-9-10-11(12)13;;/h9-10H,2-8H2,1H3,(H2,12,13);;. The van der Waals surface area contributed by atoms with Crippen LogP contribution in [-0.2, 0) is 4.79 Å². The van der Waals surface area contributed by atoms with E-state index in [0.717, 1.165) is 6.42 Å². The van der Waals surface area contributed by atoms with Gasteiger partial charge in [0.15, 0.2) is 0 Å². The molecule has 0 spiro atoms. The zero-order valence-corrected chi connectivity index (χ0v) is 14.6. The molecular formula is C11H21NNa2O. The Labute approximate surface area is 138 Å². The Morgan fingerprint density at radius 3 is 2.13 bits per heavy atom. The number of amides is 1. The van der Waals surface area contributed by atoms with Crippen LogP contribution in [-0.4, -0.2) is 65.0 Å². The van der Waals surface area contributed by atoms with Crippen LogP contribution in [0.5, 0.6) is 0 Å². The number of rotatable bonds is 8. The summed E-state index contributed by atoms with van der Waals surface area (Å²) >= 11 is 0. The third-order valence-corrected chi connectivity index (χ3v) is 2.01. The minimum atomic E-state index is -0.342. The van der Waals surface area contributed by atoms with Gasteiger partial charge in [-0.3, -0.25) is 4.79 Å². The minimum Gasteiger partial charge on any atom is -0.366 e. The van der Waals surface area contributed by atoms with Gasteiger partial charge in [0.05, 0.1) is 0 Å². The maximum Gasteiger partial charge on any atom is 0.241 e. The number of hydrogen-bond donors (Lipinski definition) is 1. The first-order valence-electron chi connectivity index (χ1n) is 5.23. The fourth-order valence-electron chi connectivity index (χ4n) is 1.24. The Bertz CT molecular complexity index is 161. The van der Waals surface area contributed by atoms with E-state index in [0.29, 0.717) is 0 Å². The van der Waals surface area contributed by atoms with Crippen molar-refractivity contribution in [2.75, 3.05) is 0 Å². The molecule has 0 unspecified atom stereocenters. The summed E-state index contributed by atoms with van der Waals surface area (Å²) in [6.45, 7) is 2.22. The number of hydrogen-bond acceptors (Lipinski definition) is 1. The molecule has 0 aromatic rings. The molecule has 0 saturated heterocycles. The molecule has 78 valence electrons. The van der Waals surface area contributed by atoms with Gasteiger partial charge in [-0.25, -0.2) is 0 Å². The molecule has 0 atom stereocenters. The summed E-state index contributed by atoms with van der Waals surface area (Å²) in [5.41, 5.74) is 4.95. The summed E-state index contributed by atoms with van der Waals surface area (Å²) in [5.74, 6) is -0.342. The van der Waals surface area contributed by atoms with Gasteiger partial charge in [0, 0.05) is 59.1 Å². The first-order valence-corrected chi connectivity index (χ1v) is 5.23. The molecule has 15 heavy (non-hydrogen) atoms. The van der Waals surface area contributed by atoms with Crippen LogP contribution in [0.25, 0.3) is 0 Å². The number of allylic oxidation sites excluding steroid dienone is 1. The predicted octanol–water partition coefficient (Wildman–Crippen LogP) is 2.02. The van der Waals surface area contributed by atoms with Crippen molar-refractivity contribution in [3.63, 3.8) is 0 Å². The molecule has 2 N–H and O–H groups in total. The van der Waals surface area contributed by atoms with Gasteiger partial charge in [-0.05, 0) is 18.9 Å². The third-order valence-electron chi connectivity index (χ3n) is 2.01. The SMILES string of the molecule is CCCCCCCCC=CC(N)=O.[Na].[Na]. The van der Waals surface area contributed by atoms with E-state index < -0.39 is 0 Å². The Balaban J connectivity index is -0.000000720. The van der Waals surface area contributed by atoms with E-state index in [1.807, 2.05) is 6.08 Å². The monoisotopic (exact) mass is 229 g/mol. The number of unbranched alkanes of at least 4 members (excludes halogenated alkanes) is 6. The Morgan fingerprint density at radius 2 is 1.60 bits per heavy atom. The maximum atomic E-state index is 10.3. The zero-order valence-electron chi connectivity index (χ0n) is 10.6. The van der Waals surface area contributed by atoms with Crippen molar-refractivity contribution in [2.45, 2.75) is 51.9 Å². The molecule has 0 aromatic carbocycles. The number of primary amides is 1. The van der Waals surface area contributed by atoms with Crippen LogP contribution in [0.2, 0.25) is 0 Å². The van der Waals surface area contributed by atoms with Gasteiger partial charge in [-0.2, -0.15) is 0 Å². The normalized spacial score (nSPS) is 9.40. The van der Waals surface area contributed by atoms with Crippen LogP contribution in [0.4, 0.5) is 0 Å². The molecule has 0 bridgehead atoms. The molecule has 0 heterocycles. The zero-order chi connectivity index (χ0) is 9.94. The molecule has 0 fully saturated rings. The van der Waals surface area contributed by atoms with E-state index in [2.05, 4.69) is 6.92 Å². The Kier molecular flexibility index (Phi) is 25.2. The second-order valence-electron chi connectivity index (χ2n) is 3.36. The van der Waals surface area contributed by atoms with Crippen LogP contribution in [0.3, 0.4) is 0 Å². The second kappa shape index (κ2) is 17.6. The minimum absolute atomic E-state index is 0. The summed E-state index contributed by atoms with van der Waals surface area (Å²) in [4.78, 5) is 10.3. The molecule has 0 aliphatic heterocycles. The summed E-state index contributed by atoms with van der Waals surface area (Å²) in [6.07, 6.45) is 12.0. The van der Waals surface area contributed by atoms with E-state index in [1.54, 1.807) is 0 Å². The van der Waals surface area contributed by atoms with Crippen molar-refractivity contribution in [1.82, 2.24) is 0 Å². The van der Waals surface area contributed by atoms with Crippen molar-refractivity contribution in [2.24, 2.45) is 5.73 Å². The van der Waals surface area contributed by atoms with Crippen LogP contribution in [0.15, 0.2) is 12.2 Å². The van der Waals surface area contributed by atoms with Gasteiger partial charge < -0.3 is 5.73 Å². The molecule has 0 aliphatic rings. The molecule has 4 heteroatoms. The van der Waals surface area contributed by atoms with Crippen molar-refractivity contribution in [3.05, 3.63) is 12.2 Å². The summed E-state index contributed by atoms with van der Waals surface area (Å²) in [5, 5.41) is 0. The Hall–Kier alpha value is 1.21. The van der Waals surface area contributed by atoms with Gasteiger partial charge in [0.1, 0.15) is 0 Å². The summed E-state index contributed by atoms with van der Waals surface area (Å²) in [6, 6.07) is 0. The molecule has 0 aromatic heterocycles. The molecule has 0 rings (SSSR count). The molecular weight excluding hydrogens is 208 g/mol. The van der Waals surface area contributed by atoms with Crippen molar-refractivity contribution >= 4 is 65.0 Å². The average molecular weight is 229 g/mol. The predicted molar refractivity (Wildman–Crippen MR) is 67.8 cm³/mol. The fourth-order valence-corrected chi connectivity index (χ4v) is 1.24. The van der Waals surface area contributed by atoms with E-state index in [1.165, 1.54) is 44.6 Å². The van der Waals surface area contributed by atoms with E-state index in [-0.39, 0.29) is 65.0 Å². The molecule has 2 radical (unpaired) electrons. The van der Waals surface area contributed by atoms with Gasteiger partial charge >= 0.3 is 0 Å². The van der Waals surface area contributed by atoms with Gasteiger partial charge in [0.2, 0.25) is 5.91 Å². The van der Waals surface area contributed by atoms with Crippen molar-refractivity contribution in [3.8, 4) is 0 Å². The van der Waals surface area contributed by atoms with Crippen molar-refractivity contribution in [1.29, 1.82) is 0 Å². The van der Waals surface area contributed by atoms with E-state index in [9.17, 15) is 4.79 Å². The third kappa shape index (κ3) is 21.1. The van der Waals surface area contributed by atoms with Crippen molar-refractivity contribution < 1.29 is 4.79 Å². The van der Waals surface area contributed by atoms with Crippen LogP contribution in [0, 0.1) is 0 Å². The summed E-state index contributed by atoms with van der Waals surface area (Å²) in [7, 11) is 0. The molecule has 0 saturated carbocycles. The Morgan fingerprint density at radius 1 is 1.07 bits per heavy atom. The topological polar surface area (TPSA) is 43.1 Å². The van der Waals surface area contributed by atoms with Crippen LogP contribution in [0.1, 0.15) is 51.9 Å². The van der Waals surface area contributed by atoms with E-state index >= 15 is 0 Å². The molecule has 0 aliphatic carbocycles.